The number of piperidine rings is 1. The molecule has 16 heavy (non-hydrogen) atoms. The fraction of sp³-hybridized carbons (Fsp3) is 0.500. The standard InChI is InChI=1S/C10H12BrN5/c11-7-5-13-10-14-9(15-16(10)6-7)8-3-1-2-4-12-8/h5-6,8,12H,1-4H2. The van der Waals surface area contributed by atoms with E-state index in [0.717, 1.165) is 23.3 Å². The van der Waals surface area contributed by atoms with Crippen molar-refractivity contribution in [1.29, 1.82) is 0 Å². The predicted molar refractivity (Wildman–Crippen MR) is 63.1 cm³/mol. The lowest BCUT2D eigenvalue weighted by molar-refractivity contribution is 0.397. The average Bonchev–Trinajstić information content (AvgIpc) is 2.73. The summed E-state index contributed by atoms with van der Waals surface area (Å²) in [5, 5.41) is 7.88. The summed E-state index contributed by atoms with van der Waals surface area (Å²) >= 11 is 3.37. The SMILES string of the molecule is Brc1cnc2nc(C3CCCCN3)nn2c1. The molecule has 0 aromatic carbocycles. The second-order valence-corrected chi connectivity index (χ2v) is 4.90. The van der Waals surface area contributed by atoms with Crippen LogP contribution in [-0.4, -0.2) is 26.1 Å². The summed E-state index contributed by atoms with van der Waals surface area (Å²) in [5.41, 5.74) is 0. The number of halogens is 1. The van der Waals surface area contributed by atoms with Gasteiger partial charge < -0.3 is 5.32 Å². The molecule has 1 N–H and O–H groups in total. The summed E-state index contributed by atoms with van der Waals surface area (Å²) in [5.74, 6) is 1.51. The third-order valence-electron chi connectivity index (χ3n) is 2.80. The quantitative estimate of drug-likeness (QED) is 0.865. The molecule has 1 atom stereocenters. The second kappa shape index (κ2) is 4.10. The number of nitrogens with zero attached hydrogens (tertiary/aromatic N) is 4. The highest BCUT2D eigenvalue weighted by Crippen LogP contribution is 2.20. The van der Waals surface area contributed by atoms with Crippen LogP contribution in [0.1, 0.15) is 31.1 Å². The molecule has 1 saturated heterocycles. The van der Waals surface area contributed by atoms with Crippen LogP contribution < -0.4 is 5.32 Å². The van der Waals surface area contributed by atoms with E-state index in [4.69, 9.17) is 0 Å². The van der Waals surface area contributed by atoms with Gasteiger partial charge in [-0.05, 0) is 35.3 Å². The van der Waals surface area contributed by atoms with Crippen LogP contribution in [0.15, 0.2) is 16.9 Å². The van der Waals surface area contributed by atoms with Crippen molar-refractivity contribution < 1.29 is 0 Å². The van der Waals surface area contributed by atoms with Crippen molar-refractivity contribution >= 4 is 21.7 Å². The Hall–Kier alpha value is -1.01. The number of hydrogen-bond acceptors (Lipinski definition) is 4. The first-order valence-electron chi connectivity index (χ1n) is 5.44. The minimum Gasteiger partial charge on any atom is -0.307 e. The van der Waals surface area contributed by atoms with Gasteiger partial charge in [-0.25, -0.2) is 9.50 Å². The Bertz CT molecular complexity index is 503. The molecule has 0 saturated carbocycles. The molecule has 0 amide bonds. The summed E-state index contributed by atoms with van der Waals surface area (Å²) < 4.78 is 2.63. The minimum atomic E-state index is 0.286. The Labute approximate surface area is 101 Å². The molecule has 2 aromatic rings. The van der Waals surface area contributed by atoms with Crippen molar-refractivity contribution in [3.05, 3.63) is 22.7 Å². The van der Waals surface area contributed by atoms with Gasteiger partial charge in [0.05, 0.1) is 10.5 Å². The smallest absolute Gasteiger partial charge is 0.252 e. The first-order chi connectivity index (χ1) is 7.83. The van der Waals surface area contributed by atoms with Gasteiger partial charge in [-0.3, -0.25) is 0 Å². The highest BCUT2D eigenvalue weighted by Gasteiger charge is 2.19. The highest BCUT2D eigenvalue weighted by molar-refractivity contribution is 9.10. The van der Waals surface area contributed by atoms with Crippen LogP contribution in [0.3, 0.4) is 0 Å². The second-order valence-electron chi connectivity index (χ2n) is 3.99. The van der Waals surface area contributed by atoms with Gasteiger partial charge in [0.1, 0.15) is 0 Å². The van der Waals surface area contributed by atoms with Gasteiger partial charge in [-0.15, -0.1) is 5.10 Å². The van der Waals surface area contributed by atoms with Crippen molar-refractivity contribution in [3.63, 3.8) is 0 Å². The summed E-state index contributed by atoms with van der Waals surface area (Å²) in [6.07, 6.45) is 7.21. The summed E-state index contributed by atoms with van der Waals surface area (Å²) in [7, 11) is 0. The number of fused-ring (bicyclic) bond motifs is 1. The molecule has 2 aromatic heterocycles. The van der Waals surface area contributed by atoms with Gasteiger partial charge in [0.25, 0.3) is 5.78 Å². The molecule has 3 heterocycles. The van der Waals surface area contributed by atoms with E-state index < -0.39 is 0 Å². The number of nitrogens with one attached hydrogen (secondary N) is 1. The first kappa shape index (κ1) is 10.2. The van der Waals surface area contributed by atoms with Crippen LogP contribution >= 0.6 is 15.9 Å². The first-order valence-corrected chi connectivity index (χ1v) is 6.23. The normalized spacial score (nSPS) is 21.4. The molecule has 1 fully saturated rings. The zero-order valence-corrected chi connectivity index (χ0v) is 10.3. The van der Waals surface area contributed by atoms with Gasteiger partial charge in [0, 0.05) is 12.4 Å². The molecule has 6 heteroatoms. The largest absolute Gasteiger partial charge is 0.307 e. The lowest BCUT2D eigenvalue weighted by Crippen LogP contribution is -2.27. The van der Waals surface area contributed by atoms with Crippen molar-refractivity contribution in [2.75, 3.05) is 6.54 Å². The average molecular weight is 282 g/mol. The Morgan fingerprint density at radius 2 is 2.38 bits per heavy atom. The molecular formula is C10H12BrN5. The van der Waals surface area contributed by atoms with Crippen molar-refractivity contribution in [2.24, 2.45) is 0 Å². The van der Waals surface area contributed by atoms with E-state index in [2.05, 4.69) is 36.3 Å². The van der Waals surface area contributed by atoms with Gasteiger partial charge in [-0.1, -0.05) is 6.42 Å². The third-order valence-corrected chi connectivity index (χ3v) is 3.21. The summed E-state index contributed by atoms with van der Waals surface area (Å²) in [6, 6.07) is 0.286. The van der Waals surface area contributed by atoms with Crippen LogP contribution in [0.4, 0.5) is 0 Å². The van der Waals surface area contributed by atoms with Crippen LogP contribution in [0.2, 0.25) is 0 Å². The summed E-state index contributed by atoms with van der Waals surface area (Å²) in [4.78, 5) is 8.65. The van der Waals surface area contributed by atoms with E-state index in [9.17, 15) is 0 Å². The van der Waals surface area contributed by atoms with Crippen LogP contribution in [0.25, 0.3) is 5.78 Å². The number of aromatic nitrogens is 4. The maximum absolute atomic E-state index is 4.45. The van der Waals surface area contributed by atoms with Crippen molar-refractivity contribution in [3.8, 4) is 0 Å². The van der Waals surface area contributed by atoms with E-state index >= 15 is 0 Å². The van der Waals surface area contributed by atoms with Gasteiger partial charge in [-0.2, -0.15) is 4.98 Å². The molecule has 0 bridgehead atoms. The maximum Gasteiger partial charge on any atom is 0.252 e. The van der Waals surface area contributed by atoms with E-state index in [-0.39, 0.29) is 6.04 Å². The molecule has 1 aliphatic rings. The topological polar surface area (TPSA) is 55.1 Å². The van der Waals surface area contributed by atoms with Gasteiger partial charge in [0.2, 0.25) is 0 Å². The molecule has 3 rings (SSSR count). The molecule has 1 unspecified atom stereocenters. The van der Waals surface area contributed by atoms with Crippen molar-refractivity contribution in [1.82, 2.24) is 24.9 Å². The Balaban J connectivity index is 1.97. The molecule has 0 aliphatic carbocycles. The van der Waals surface area contributed by atoms with E-state index in [1.165, 1.54) is 12.8 Å². The number of hydrogen-bond donors (Lipinski definition) is 1. The molecule has 0 radical (unpaired) electrons. The lowest BCUT2D eigenvalue weighted by Gasteiger charge is -2.20. The molecule has 1 aliphatic heterocycles. The monoisotopic (exact) mass is 281 g/mol. The molecule has 5 nitrogen and oxygen atoms in total. The van der Waals surface area contributed by atoms with E-state index in [1.54, 1.807) is 10.7 Å². The molecule has 0 spiro atoms. The third kappa shape index (κ3) is 1.82. The van der Waals surface area contributed by atoms with Crippen LogP contribution in [-0.2, 0) is 0 Å². The van der Waals surface area contributed by atoms with Gasteiger partial charge in [0.15, 0.2) is 5.82 Å². The van der Waals surface area contributed by atoms with Crippen LogP contribution in [0, 0.1) is 0 Å². The predicted octanol–water partition coefficient (Wildman–Crippen LogP) is 1.70. The fourth-order valence-corrected chi connectivity index (χ4v) is 2.29. The summed E-state index contributed by atoms with van der Waals surface area (Å²) in [6.45, 7) is 1.05. The zero-order valence-electron chi connectivity index (χ0n) is 8.73. The zero-order chi connectivity index (χ0) is 11.0. The van der Waals surface area contributed by atoms with E-state index in [1.807, 2.05) is 6.20 Å². The molecular weight excluding hydrogens is 270 g/mol. The fourth-order valence-electron chi connectivity index (χ4n) is 2.00. The van der Waals surface area contributed by atoms with Crippen LogP contribution in [0.5, 0.6) is 0 Å². The minimum absolute atomic E-state index is 0.286. The Kier molecular flexibility index (Phi) is 2.61. The van der Waals surface area contributed by atoms with Gasteiger partial charge >= 0.3 is 0 Å². The lowest BCUT2D eigenvalue weighted by atomic mass is 10.0. The van der Waals surface area contributed by atoms with Crippen molar-refractivity contribution in [2.45, 2.75) is 25.3 Å². The Morgan fingerprint density at radius 1 is 1.44 bits per heavy atom. The number of rotatable bonds is 1. The Morgan fingerprint density at radius 3 is 3.19 bits per heavy atom. The maximum atomic E-state index is 4.45. The molecule has 84 valence electrons. The highest BCUT2D eigenvalue weighted by atomic mass is 79.9. The van der Waals surface area contributed by atoms with E-state index in [0.29, 0.717) is 5.78 Å².